The summed E-state index contributed by atoms with van der Waals surface area (Å²) in [5.41, 5.74) is 1.14. The molecule has 0 aliphatic carbocycles. The minimum atomic E-state index is -0.699. The summed E-state index contributed by atoms with van der Waals surface area (Å²) in [7, 11) is 0. The Labute approximate surface area is 125 Å². The third-order valence-corrected chi connectivity index (χ3v) is 4.02. The second kappa shape index (κ2) is 6.16. The standard InChI is InChI=1S/C16H22N2O3/c1-10-7-8-13(14(19)9-10)17-15(20)16(21)18-11(2)5-4-6-12(18)3/h7-9,11-12,19H,4-6H2,1-3H3,(H,17,20). The van der Waals surface area contributed by atoms with Crippen molar-refractivity contribution in [1.29, 1.82) is 0 Å². The van der Waals surface area contributed by atoms with Gasteiger partial charge >= 0.3 is 11.8 Å². The van der Waals surface area contributed by atoms with Gasteiger partial charge in [0.2, 0.25) is 0 Å². The summed E-state index contributed by atoms with van der Waals surface area (Å²) in [4.78, 5) is 26.1. The Bertz CT molecular complexity index is 546. The molecule has 1 fully saturated rings. The summed E-state index contributed by atoms with van der Waals surface area (Å²) in [5.74, 6) is -1.26. The molecule has 0 saturated carbocycles. The van der Waals surface area contributed by atoms with Crippen LogP contribution < -0.4 is 5.32 Å². The number of nitrogens with one attached hydrogen (secondary N) is 1. The third kappa shape index (κ3) is 3.35. The largest absolute Gasteiger partial charge is 0.506 e. The number of benzene rings is 1. The minimum Gasteiger partial charge on any atom is -0.506 e. The number of phenolic OH excluding ortho intramolecular Hbond substituents is 1. The number of rotatable bonds is 1. The van der Waals surface area contributed by atoms with Gasteiger partial charge in [-0.2, -0.15) is 0 Å². The van der Waals surface area contributed by atoms with Crippen molar-refractivity contribution in [1.82, 2.24) is 4.90 Å². The van der Waals surface area contributed by atoms with Gasteiger partial charge < -0.3 is 15.3 Å². The molecule has 5 nitrogen and oxygen atoms in total. The zero-order valence-corrected chi connectivity index (χ0v) is 12.7. The lowest BCUT2D eigenvalue weighted by Crippen LogP contribution is -2.51. The number of carbonyl (C=O) groups excluding carboxylic acids is 2. The van der Waals surface area contributed by atoms with Crippen LogP contribution >= 0.6 is 0 Å². The van der Waals surface area contributed by atoms with E-state index < -0.39 is 11.8 Å². The number of nitrogens with zero attached hydrogens (tertiary/aromatic N) is 1. The Kier molecular flexibility index (Phi) is 4.50. The van der Waals surface area contributed by atoms with E-state index >= 15 is 0 Å². The van der Waals surface area contributed by atoms with Crippen LogP contribution in [0.15, 0.2) is 18.2 Å². The number of piperidine rings is 1. The van der Waals surface area contributed by atoms with E-state index in [1.165, 1.54) is 0 Å². The number of hydrogen-bond donors (Lipinski definition) is 2. The van der Waals surface area contributed by atoms with Crippen molar-refractivity contribution in [2.75, 3.05) is 5.32 Å². The number of carbonyl (C=O) groups is 2. The monoisotopic (exact) mass is 290 g/mol. The van der Waals surface area contributed by atoms with E-state index in [1.54, 1.807) is 23.1 Å². The van der Waals surface area contributed by atoms with Gasteiger partial charge in [0.05, 0.1) is 5.69 Å². The fraction of sp³-hybridized carbons (Fsp3) is 0.500. The van der Waals surface area contributed by atoms with E-state index in [4.69, 9.17) is 0 Å². The molecule has 0 bridgehead atoms. The maximum absolute atomic E-state index is 12.3. The van der Waals surface area contributed by atoms with Crippen molar-refractivity contribution < 1.29 is 14.7 Å². The van der Waals surface area contributed by atoms with Crippen molar-refractivity contribution >= 4 is 17.5 Å². The predicted molar refractivity (Wildman–Crippen MR) is 81.1 cm³/mol. The first-order valence-electron chi connectivity index (χ1n) is 7.33. The Balaban J connectivity index is 2.10. The molecule has 1 aromatic carbocycles. The smallest absolute Gasteiger partial charge is 0.314 e. The molecule has 0 radical (unpaired) electrons. The van der Waals surface area contributed by atoms with Crippen molar-refractivity contribution in [2.45, 2.75) is 52.1 Å². The Morgan fingerprint density at radius 1 is 1.24 bits per heavy atom. The van der Waals surface area contributed by atoms with Gasteiger partial charge in [0.1, 0.15) is 5.75 Å². The molecular formula is C16H22N2O3. The van der Waals surface area contributed by atoms with Crippen molar-refractivity contribution in [3.63, 3.8) is 0 Å². The maximum atomic E-state index is 12.3. The van der Waals surface area contributed by atoms with Crippen LogP contribution in [0.2, 0.25) is 0 Å². The normalized spacial score (nSPS) is 22.0. The van der Waals surface area contributed by atoms with Gasteiger partial charge in [0.25, 0.3) is 0 Å². The lowest BCUT2D eigenvalue weighted by Gasteiger charge is -2.38. The molecule has 114 valence electrons. The lowest BCUT2D eigenvalue weighted by molar-refractivity contribution is -0.147. The summed E-state index contributed by atoms with van der Waals surface area (Å²) in [6, 6.07) is 5.05. The molecule has 0 spiro atoms. The molecule has 2 rings (SSSR count). The van der Waals surface area contributed by atoms with Crippen LogP contribution in [0.3, 0.4) is 0 Å². The quantitative estimate of drug-likeness (QED) is 0.616. The number of aromatic hydroxyl groups is 1. The maximum Gasteiger partial charge on any atom is 0.314 e. The molecule has 1 aromatic rings. The van der Waals surface area contributed by atoms with Crippen LogP contribution in [0.1, 0.15) is 38.7 Å². The molecule has 1 aliphatic heterocycles. The van der Waals surface area contributed by atoms with Gasteiger partial charge in [0.15, 0.2) is 0 Å². The van der Waals surface area contributed by atoms with Gasteiger partial charge in [-0.05, 0) is 57.7 Å². The van der Waals surface area contributed by atoms with Crippen LogP contribution in [0, 0.1) is 6.92 Å². The van der Waals surface area contributed by atoms with E-state index in [0.717, 1.165) is 24.8 Å². The van der Waals surface area contributed by atoms with E-state index in [9.17, 15) is 14.7 Å². The summed E-state index contributed by atoms with van der Waals surface area (Å²) in [6.45, 7) is 5.77. The second-order valence-electron chi connectivity index (χ2n) is 5.82. The van der Waals surface area contributed by atoms with Crippen molar-refractivity contribution in [3.05, 3.63) is 23.8 Å². The molecular weight excluding hydrogens is 268 g/mol. The molecule has 0 aromatic heterocycles. The Morgan fingerprint density at radius 2 is 1.86 bits per heavy atom. The zero-order chi connectivity index (χ0) is 15.6. The second-order valence-corrected chi connectivity index (χ2v) is 5.82. The molecule has 1 saturated heterocycles. The van der Waals surface area contributed by atoms with Gasteiger partial charge in [-0.25, -0.2) is 0 Å². The van der Waals surface area contributed by atoms with E-state index in [1.807, 2.05) is 20.8 Å². The van der Waals surface area contributed by atoms with E-state index in [0.29, 0.717) is 0 Å². The number of aryl methyl sites for hydroxylation is 1. The molecule has 2 atom stereocenters. The molecule has 1 heterocycles. The Morgan fingerprint density at radius 3 is 2.43 bits per heavy atom. The highest BCUT2D eigenvalue weighted by molar-refractivity contribution is 6.39. The predicted octanol–water partition coefficient (Wildman–Crippen LogP) is 2.43. The van der Waals surface area contributed by atoms with Crippen molar-refractivity contribution in [2.24, 2.45) is 0 Å². The van der Waals surface area contributed by atoms with Crippen LogP contribution in [-0.2, 0) is 9.59 Å². The molecule has 2 unspecified atom stereocenters. The highest BCUT2D eigenvalue weighted by atomic mass is 16.3. The topological polar surface area (TPSA) is 69.6 Å². The zero-order valence-electron chi connectivity index (χ0n) is 12.7. The SMILES string of the molecule is Cc1ccc(NC(=O)C(=O)N2C(C)CCCC2C)c(O)c1. The first-order valence-corrected chi connectivity index (χ1v) is 7.33. The van der Waals surface area contributed by atoms with E-state index in [2.05, 4.69) is 5.32 Å². The molecule has 21 heavy (non-hydrogen) atoms. The summed E-state index contributed by atoms with van der Waals surface area (Å²) in [5, 5.41) is 12.3. The number of phenols is 1. The average molecular weight is 290 g/mol. The van der Waals surface area contributed by atoms with Crippen LogP contribution in [0.5, 0.6) is 5.75 Å². The number of likely N-dealkylation sites (tertiary alicyclic amines) is 1. The van der Waals surface area contributed by atoms with Gasteiger partial charge in [-0.1, -0.05) is 6.07 Å². The van der Waals surface area contributed by atoms with Crippen LogP contribution in [-0.4, -0.2) is 33.9 Å². The van der Waals surface area contributed by atoms with Gasteiger partial charge in [-0.15, -0.1) is 0 Å². The summed E-state index contributed by atoms with van der Waals surface area (Å²) >= 11 is 0. The summed E-state index contributed by atoms with van der Waals surface area (Å²) in [6.07, 6.45) is 2.91. The first-order chi connectivity index (χ1) is 9.90. The van der Waals surface area contributed by atoms with Crippen LogP contribution in [0.4, 0.5) is 5.69 Å². The minimum absolute atomic E-state index is 0.0316. The number of amides is 2. The lowest BCUT2D eigenvalue weighted by atomic mass is 9.97. The fourth-order valence-corrected chi connectivity index (χ4v) is 2.86. The highest BCUT2D eigenvalue weighted by Gasteiger charge is 2.32. The van der Waals surface area contributed by atoms with Crippen molar-refractivity contribution in [3.8, 4) is 5.75 Å². The third-order valence-electron chi connectivity index (χ3n) is 4.02. The highest BCUT2D eigenvalue weighted by Crippen LogP contribution is 2.25. The summed E-state index contributed by atoms with van der Waals surface area (Å²) < 4.78 is 0. The van der Waals surface area contributed by atoms with E-state index in [-0.39, 0.29) is 23.5 Å². The molecule has 2 amide bonds. The average Bonchev–Trinajstić information content (AvgIpc) is 2.41. The number of anilines is 1. The molecule has 2 N–H and O–H groups in total. The first kappa shape index (κ1) is 15.4. The van der Waals surface area contributed by atoms with Crippen LogP contribution in [0.25, 0.3) is 0 Å². The Hall–Kier alpha value is -2.04. The molecule has 5 heteroatoms. The fourth-order valence-electron chi connectivity index (χ4n) is 2.86. The van der Waals surface area contributed by atoms with Gasteiger partial charge in [-0.3, -0.25) is 9.59 Å². The van der Waals surface area contributed by atoms with Gasteiger partial charge in [0, 0.05) is 12.1 Å². The molecule has 1 aliphatic rings. The number of hydrogen-bond acceptors (Lipinski definition) is 3.